The summed E-state index contributed by atoms with van der Waals surface area (Å²) in [6.45, 7) is 1.40. The van der Waals surface area contributed by atoms with Gasteiger partial charge in [-0.2, -0.15) is 4.98 Å². The first-order chi connectivity index (χ1) is 19.9. The Kier molecular flexibility index (Phi) is 7.88. The van der Waals surface area contributed by atoms with E-state index in [2.05, 4.69) is 14.9 Å². The van der Waals surface area contributed by atoms with Gasteiger partial charge in [0.15, 0.2) is 11.0 Å². The summed E-state index contributed by atoms with van der Waals surface area (Å²) in [6.07, 6.45) is 6.39. The van der Waals surface area contributed by atoms with Crippen LogP contribution in [0.4, 0.5) is 6.01 Å². The third kappa shape index (κ3) is 5.31. The number of aromatic nitrogens is 2. The van der Waals surface area contributed by atoms with Gasteiger partial charge in [0.1, 0.15) is 16.8 Å². The number of carboxylic acids is 1. The summed E-state index contributed by atoms with van der Waals surface area (Å²) in [7, 11) is 4.86. The summed E-state index contributed by atoms with van der Waals surface area (Å²) in [5, 5.41) is 9.71. The molecule has 1 saturated heterocycles. The van der Waals surface area contributed by atoms with Crippen molar-refractivity contribution in [3.05, 3.63) is 76.2 Å². The van der Waals surface area contributed by atoms with E-state index in [1.54, 1.807) is 37.1 Å². The average molecular weight is 558 g/mol. The molecule has 2 aromatic heterocycles. The smallest absolute Gasteiger partial charge is 0.341 e. The second-order valence-electron chi connectivity index (χ2n) is 9.63. The molecule has 11 heteroatoms. The van der Waals surface area contributed by atoms with Gasteiger partial charge in [-0.1, -0.05) is 6.07 Å². The van der Waals surface area contributed by atoms with Gasteiger partial charge in [-0.15, -0.1) is 0 Å². The molecule has 3 N–H and O–H groups in total. The van der Waals surface area contributed by atoms with Crippen LogP contribution in [0.5, 0.6) is 5.75 Å². The second-order valence-corrected chi connectivity index (χ2v) is 9.63. The van der Waals surface area contributed by atoms with Gasteiger partial charge in [0.05, 0.1) is 25.5 Å². The third-order valence-electron chi connectivity index (χ3n) is 7.16. The number of methoxy groups -OCH3 is 2. The van der Waals surface area contributed by atoms with E-state index in [9.17, 15) is 14.7 Å². The van der Waals surface area contributed by atoms with Gasteiger partial charge in [-0.3, -0.25) is 9.79 Å². The molecule has 1 aliphatic rings. The van der Waals surface area contributed by atoms with Crippen LogP contribution in [0.2, 0.25) is 0 Å². The number of ether oxygens (including phenoxy) is 2. The summed E-state index contributed by atoms with van der Waals surface area (Å²) >= 11 is 0. The van der Waals surface area contributed by atoms with Crippen LogP contribution in [0.25, 0.3) is 33.6 Å². The van der Waals surface area contributed by atoms with Crippen LogP contribution in [0, 0.1) is 0 Å². The minimum absolute atomic E-state index is 0.187. The number of nitrogens with two attached hydrogens (primary N) is 1. The van der Waals surface area contributed by atoms with E-state index in [1.165, 1.54) is 25.6 Å². The molecule has 0 spiro atoms. The van der Waals surface area contributed by atoms with Crippen molar-refractivity contribution in [2.24, 2.45) is 10.7 Å². The summed E-state index contributed by atoms with van der Waals surface area (Å²) in [4.78, 5) is 35.6. The van der Waals surface area contributed by atoms with Gasteiger partial charge in [0.2, 0.25) is 0 Å². The van der Waals surface area contributed by atoms with Crippen LogP contribution >= 0.6 is 0 Å². The molecule has 0 radical (unpaired) electrons. The van der Waals surface area contributed by atoms with E-state index in [0.29, 0.717) is 57.6 Å². The number of rotatable bonds is 9. The predicted octanol–water partition coefficient (Wildman–Crippen LogP) is 3.97. The fraction of sp³-hybridized carbons (Fsp3) is 0.267. The number of carboxylic acid groups (broad SMARTS) is 1. The number of hydrogen-bond acceptors (Lipinski definition) is 9. The maximum absolute atomic E-state index is 12.8. The van der Waals surface area contributed by atoms with Crippen molar-refractivity contribution in [3.8, 4) is 22.7 Å². The Hall–Kier alpha value is -4.90. The molecule has 0 unspecified atom stereocenters. The molecule has 2 aromatic carbocycles. The summed E-state index contributed by atoms with van der Waals surface area (Å²) < 4.78 is 18.8. The molecule has 4 aromatic rings. The van der Waals surface area contributed by atoms with Crippen LogP contribution in [-0.2, 0) is 4.74 Å². The molecule has 0 aliphatic carbocycles. The number of nitrogens with zero attached hydrogens (tertiary/aromatic N) is 4. The molecule has 3 heterocycles. The van der Waals surface area contributed by atoms with Gasteiger partial charge < -0.3 is 34.2 Å². The van der Waals surface area contributed by atoms with Gasteiger partial charge in [-0.25, -0.2) is 4.79 Å². The number of pyridine rings is 1. The molecule has 1 atom stereocenters. The number of aliphatic imine (C=N–C) groups is 1. The zero-order chi connectivity index (χ0) is 29.1. The number of benzene rings is 2. The molecular weight excluding hydrogens is 526 g/mol. The van der Waals surface area contributed by atoms with Gasteiger partial charge in [-0.05, 0) is 37.1 Å². The van der Waals surface area contributed by atoms with Crippen LogP contribution in [0.3, 0.4) is 0 Å². The first-order valence-corrected chi connectivity index (χ1v) is 13.1. The van der Waals surface area contributed by atoms with Gasteiger partial charge in [0, 0.05) is 73.8 Å². The highest BCUT2D eigenvalue weighted by atomic mass is 16.5. The summed E-state index contributed by atoms with van der Waals surface area (Å²) in [6, 6.07) is 12.8. The highest BCUT2D eigenvalue weighted by Gasteiger charge is 2.28. The molecular formula is C30H31N5O6. The fourth-order valence-corrected chi connectivity index (χ4v) is 5.19. The molecule has 1 aliphatic heterocycles. The average Bonchev–Trinajstić information content (AvgIpc) is 3.62. The van der Waals surface area contributed by atoms with E-state index in [1.807, 2.05) is 24.3 Å². The van der Waals surface area contributed by atoms with E-state index in [0.717, 1.165) is 19.4 Å². The van der Waals surface area contributed by atoms with Crippen molar-refractivity contribution >= 4 is 34.9 Å². The normalized spacial score (nSPS) is 15.7. The van der Waals surface area contributed by atoms with Crippen LogP contribution in [-0.4, -0.2) is 67.3 Å². The Morgan fingerprint density at radius 1 is 1.22 bits per heavy atom. The first kappa shape index (κ1) is 27.7. The van der Waals surface area contributed by atoms with Gasteiger partial charge in [0.25, 0.3) is 6.01 Å². The highest BCUT2D eigenvalue weighted by molar-refractivity contribution is 6.10. The lowest BCUT2D eigenvalue weighted by molar-refractivity contribution is 0.0695. The Morgan fingerprint density at radius 3 is 2.76 bits per heavy atom. The Labute approximate surface area is 236 Å². The maximum atomic E-state index is 12.8. The first-order valence-electron chi connectivity index (χ1n) is 13.1. The van der Waals surface area contributed by atoms with Crippen LogP contribution in [0.1, 0.15) is 28.8 Å². The van der Waals surface area contributed by atoms with Crippen molar-refractivity contribution in [3.63, 3.8) is 0 Å². The number of carbonyl (C=O) groups is 1. The van der Waals surface area contributed by atoms with E-state index < -0.39 is 11.4 Å². The van der Waals surface area contributed by atoms with Crippen molar-refractivity contribution in [1.29, 1.82) is 0 Å². The lowest BCUT2D eigenvalue weighted by atomic mass is 10.0. The molecule has 0 saturated carbocycles. The van der Waals surface area contributed by atoms with Crippen LogP contribution < -0.4 is 20.8 Å². The molecule has 11 nitrogen and oxygen atoms in total. The second kappa shape index (κ2) is 11.7. The van der Waals surface area contributed by atoms with E-state index >= 15 is 0 Å². The molecule has 0 bridgehead atoms. The molecule has 41 heavy (non-hydrogen) atoms. The zero-order valence-electron chi connectivity index (χ0n) is 23.0. The lowest BCUT2D eigenvalue weighted by Gasteiger charge is -2.21. The van der Waals surface area contributed by atoms with Crippen LogP contribution in [0.15, 0.2) is 69.1 Å². The van der Waals surface area contributed by atoms with E-state index in [4.69, 9.17) is 19.6 Å². The van der Waals surface area contributed by atoms with Crippen molar-refractivity contribution in [2.45, 2.75) is 18.9 Å². The molecule has 5 rings (SSSR count). The maximum Gasteiger partial charge on any atom is 0.341 e. The standard InChI is InChI=1S/C30H31N5O6/c1-32-15-19(14-31)22-8-6-18(11-27(22)40-3)25-13-26(36)23(29(37)38)16-35(25)20-7-9-24-28(12-20)41-30(33-24)34-10-4-5-21(34)17-39-2/h6-9,11-16,21H,4-5,10,17,31H2,1-3H3,(H,37,38)/t21-/m1/s1. The predicted molar refractivity (Wildman–Crippen MR) is 157 cm³/mol. The summed E-state index contributed by atoms with van der Waals surface area (Å²) in [5.41, 5.74) is 9.08. The molecule has 0 amide bonds. The highest BCUT2D eigenvalue weighted by Crippen LogP contribution is 2.33. The summed E-state index contributed by atoms with van der Waals surface area (Å²) in [5.74, 6) is -0.812. The Balaban J connectivity index is 1.64. The fourth-order valence-electron chi connectivity index (χ4n) is 5.19. The Bertz CT molecular complexity index is 1720. The monoisotopic (exact) mass is 557 g/mol. The Morgan fingerprint density at radius 2 is 2.05 bits per heavy atom. The van der Waals surface area contributed by atoms with Crippen molar-refractivity contribution in [2.75, 3.05) is 39.3 Å². The topological polar surface area (TPSA) is 145 Å². The molecule has 1 fully saturated rings. The number of hydrogen-bond donors (Lipinski definition) is 2. The quantitative estimate of drug-likeness (QED) is 0.292. The number of oxazole rings is 1. The largest absolute Gasteiger partial charge is 0.496 e. The van der Waals surface area contributed by atoms with Crippen molar-refractivity contribution < 1.29 is 23.8 Å². The third-order valence-corrected chi connectivity index (χ3v) is 7.16. The lowest BCUT2D eigenvalue weighted by Crippen LogP contribution is -2.32. The number of aromatic carboxylic acids is 1. The SMILES string of the molecule is CN=CC(=CN)c1ccc(-c2cc(=O)c(C(=O)O)cn2-c2ccc3nc(N4CCC[C@@H]4COC)oc3c2)cc1OC. The number of allylic oxidation sites excluding steroid dienone is 1. The van der Waals surface area contributed by atoms with Gasteiger partial charge >= 0.3 is 5.97 Å². The van der Waals surface area contributed by atoms with E-state index in [-0.39, 0.29) is 11.6 Å². The minimum Gasteiger partial charge on any atom is -0.496 e. The minimum atomic E-state index is -1.32. The number of anilines is 1. The zero-order valence-corrected chi connectivity index (χ0v) is 23.0. The number of fused-ring (bicyclic) bond motifs is 1. The molecule has 212 valence electrons. The van der Waals surface area contributed by atoms with Crippen molar-refractivity contribution in [1.82, 2.24) is 9.55 Å².